The van der Waals surface area contributed by atoms with Gasteiger partial charge in [0.1, 0.15) is 17.2 Å². The topological polar surface area (TPSA) is 113 Å². The van der Waals surface area contributed by atoms with Gasteiger partial charge in [0.2, 0.25) is 5.78 Å². The number of allylic oxidation sites excluding steroid dienone is 1. The Morgan fingerprint density at radius 3 is 2.38 bits per heavy atom. The predicted molar refractivity (Wildman–Crippen MR) is 142 cm³/mol. The second-order valence-electron chi connectivity index (χ2n) is 9.11. The van der Waals surface area contributed by atoms with Crippen LogP contribution in [0.25, 0.3) is 17.0 Å². The monoisotopic (exact) mass is 525 g/mol. The Kier molecular flexibility index (Phi) is 5.83. The number of Topliss-reactive ketones (excluding diaryl/α,β-unsaturated/α-hetero) is 1. The molecule has 0 saturated carbocycles. The maximum Gasteiger partial charge on any atom is 0.312 e. The third-order valence-electron chi connectivity index (χ3n) is 6.96. The Balaban J connectivity index is 1.48. The Morgan fingerprint density at radius 1 is 0.872 bits per heavy atom. The Bertz CT molecular complexity index is 1770. The number of fused-ring (bicyclic) bond motifs is 4. The van der Waals surface area contributed by atoms with E-state index >= 15 is 0 Å². The van der Waals surface area contributed by atoms with E-state index in [1.807, 2.05) is 24.3 Å². The van der Waals surface area contributed by atoms with Crippen molar-refractivity contribution in [2.75, 3.05) is 21.3 Å². The van der Waals surface area contributed by atoms with Gasteiger partial charge >= 0.3 is 5.97 Å². The van der Waals surface area contributed by atoms with E-state index in [4.69, 9.17) is 23.7 Å². The van der Waals surface area contributed by atoms with Crippen molar-refractivity contribution in [2.45, 2.75) is 12.3 Å². The van der Waals surface area contributed by atoms with Crippen molar-refractivity contribution < 1.29 is 33.3 Å². The number of hydrogen-bond donors (Lipinski definition) is 1. The van der Waals surface area contributed by atoms with Crippen LogP contribution in [0.4, 0.5) is 0 Å². The molecule has 4 aromatic rings. The molecular formula is C30H23NO8. The zero-order valence-corrected chi connectivity index (χ0v) is 21.3. The number of hydrogen-bond acceptors (Lipinski definition) is 8. The number of benzene rings is 3. The van der Waals surface area contributed by atoms with E-state index in [9.17, 15) is 14.4 Å². The van der Waals surface area contributed by atoms with Gasteiger partial charge in [-0.25, -0.2) is 0 Å². The summed E-state index contributed by atoms with van der Waals surface area (Å²) in [5.74, 6) is 0.422. The second kappa shape index (κ2) is 9.36. The summed E-state index contributed by atoms with van der Waals surface area (Å²) in [6.07, 6.45) is 1.48. The first-order chi connectivity index (χ1) is 18.9. The lowest BCUT2D eigenvalue weighted by Crippen LogP contribution is -2.26. The number of aromatic nitrogens is 1. The van der Waals surface area contributed by atoms with Crippen molar-refractivity contribution in [2.24, 2.45) is 0 Å². The summed E-state index contributed by atoms with van der Waals surface area (Å²) in [7, 11) is 4.53. The van der Waals surface area contributed by atoms with Crippen molar-refractivity contribution in [1.82, 2.24) is 4.98 Å². The molecule has 0 saturated heterocycles. The molecule has 0 aliphatic carbocycles. The molecule has 6 rings (SSSR count). The number of nitrogens with one attached hydrogen (secondary N) is 1. The zero-order chi connectivity index (χ0) is 27.3. The molecule has 0 amide bonds. The van der Waals surface area contributed by atoms with Gasteiger partial charge in [-0.15, -0.1) is 0 Å². The summed E-state index contributed by atoms with van der Waals surface area (Å²) >= 11 is 0. The van der Waals surface area contributed by atoms with Gasteiger partial charge in [0.15, 0.2) is 17.3 Å². The number of rotatable bonds is 5. The number of pyridine rings is 1. The molecule has 0 spiro atoms. The number of esters is 1. The van der Waals surface area contributed by atoms with E-state index in [-0.39, 0.29) is 35.0 Å². The molecule has 9 heteroatoms. The van der Waals surface area contributed by atoms with E-state index in [0.29, 0.717) is 45.0 Å². The van der Waals surface area contributed by atoms with Gasteiger partial charge in [0, 0.05) is 34.2 Å². The van der Waals surface area contributed by atoms with Gasteiger partial charge in [-0.05, 0) is 41.8 Å². The van der Waals surface area contributed by atoms with Crippen LogP contribution < -0.4 is 29.2 Å². The van der Waals surface area contributed by atoms with Gasteiger partial charge in [-0.1, -0.05) is 18.2 Å². The van der Waals surface area contributed by atoms with Crippen LogP contribution >= 0.6 is 0 Å². The summed E-state index contributed by atoms with van der Waals surface area (Å²) < 4.78 is 27.9. The maximum atomic E-state index is 13.4. The van der Waals surface area contributed by atoms with Crippen LogP contribution in [0.15, 0.2) is 65.2 Å². The van der Waals surface area contributed by atoms with Crippen LogP contribution in [0.1, 0.15) is 39.4 Å². The molecule has 1 aromatic heterocycles. The Labute approximate surface area is 222 Å². The van der Waals surface area contributed by atoms with E-state index in [0.717, 1.165) is 5.39 Å². The fourth-order valence-corrected chi connectivity index (χ4v) is 5.10. The lowest BCUT2D eigenvalue weighted by atomic mass is 9.85. The number of H-pyrrole nitrogens is 1. The normalized spacial score (nSPS) is 16.9. The van der Waals surface area contributed by atoms with Crippen molar-refractivity contribution in [3.63, 3.8) is 0 Å². The largest absolute Gasteiger partial charge is 0.496 e. The van der Waals surface area contributed by atoms with Crippen LogP contribution in [0.5, 0.6) is 28.7 Å². The van der Waals surface area contributed by atoms with E-state index in [2.05, 4.69) is 4.98 Å². The SMILES string of the molecule is COc1cc(OC)c(OC)cc1C=C1Oc2c(ccc3c2C(c2cc4ccccc4[nH]c2=O)CC(=O)O3)C1=O. The van der Waals surface area contributed by atoms with Crippen LogP contribution in [0, 0.1) is 0 Å². The molecule has 3 heterocycles. The molecule has 196 valence electrons. The standard InChI is InChI=1S/C30H23NO8/c1-35-22-14-24(37-3)23(36-2)11-16(22)12-25-28(33)17-8-9-21-27(29(17)39-25)18(13-26(32)38-21)19-10-15-6-4-5-7-20(15)31-30(19)34/h4-12,14,18H,13H2,1-3H3,(H,31,34). The average Bonchev–Trinajstić information content (AvgIpc) is 3.26. The molecule has 2 aliphatic heterocycles. The number of ketones is 1. The molecule has 0 radical (unpaired) electrons. The number of ether oxygens (including phenoxy) is 5. The first kappa shape index (κ1) is 24.3. The van der Waals surface area contributed by atoms with Crippen LogP contribution in [-0.4, -0.2) is 38.1 Å². The van der Waals surface area contributed by atoms with Crippen molar-refractivity contribution in [3.8, 4) is 28.7 Å². The lowest BCUT2D eigenvalue weighted by Gasteiger charge is -2.26. The highest BCUT2D eigenvalue weighted by molar-refractivity contribution is 6.15. The van der Waals surface area contributed by atoms with Crippen LogP contribution in [0.3, 0.4) is 0 Å². The zero-order valence-electron chi connectivity index (χ0n) is 21.3. The lowest BCUT2D eigenvalue weighted by molar-refractivity contribution is -0.135. The molecule has 1 unspecified atom stereocenters. The number of aromatic amines is 1. The molecule has 39 heavy (non-hydrogen) atoms. The second-order valence-corrected chi connectivity index (χ2v) is 9.11. The highest BCUT2D eigenvalue weighted by Crippen LogP contribution is 2.49. The number of carbonyl (C=O) groups is 2. The summed E-state index contributed by atoms with van der Waals surface area (Å²) in [6, 6.07) is 15.6. The minimum atomic E-state index is -0.674. The third-order valence-corrected chi connectivity index (χ3v) is 6.96. The molecule has 2 aliphatic rings. The molecule has 1 atom stereocenters. The van der Waals surface area contributed by atoms with E-state index in [1.165, 1.54) is 21.3 Å². The first-order valence-electron chi connectivity index (χ1n) is 12.2. The third kappa shape index (κ3) is 3.99. The quantitative estimate of drug-likeness (QED) is 0.228. The predicted octanol–water partition coefficient (Wildman–Crippen LogP) is 4.61. The van der Waals surface area contributed by atoms with Crippen molar-refractivity contribution in [1.29, 1.82) is 0 Å². The van der Waals surface area contributed by atoms with Crippen molar-refractivity contribution in [3.05, 3.63) is 93.0 Å². The number of methoxy groups -OCH3 is 3. The van der Waals surface area contributed by atoms with Crippen molar-refractivity contribution >= 4 is 28.7 Å². The van der Waals surface area contributed by atoms with Gasteiger partial charge in [-0.3, -0.25) is 14.4 Å². The molecule has 0 bridgehead atoms. The highest BCUT2D eigenvalue weighted by atomic mass is 16.5. The minimum absolute atomic E-state index is 0.0481. The van der Waals surface area contributed by atoms with Gasteiger partial charge in [0.25, 0.3) is 5.56 Å². The smallest absolute Gasteiger partial charge is 0.312 e. The summed E-state index contributed by atoms with van der Waals surface area (Å²) in [4.78, 5) is 42.0. The van der Waals surface area contributed by atoms with E-state index in [1.54, 1.807) is 36.4 Å². The van der Waals surface area contributed by atoms with Gasteiger partial charge < -0.3 is 28.7 Å². The number of carbonyl (C=O) groups excluding carboxylic acids is 2. The highest BCUT2D eigenvalue weighted by Gasteiger charge is 2.39. The Morgan fingerprint density at radius 2 is 1.62 bits per heavy atom. The summed E-state index contributed by atoms with van der Waals surface area (Å²) in [5.41, 5.74) is 2.06. The molecule has 0 fully saturated rings. The molecular weight excluding hydrogens is 502 g/mol. The maximum absolute atomic E-state index is 13.4. The number of para-hydroxylation sites is 1. The first-order valence-corrected chi connectivity index (χ1v) is 12.2. The molecule has 3 aromatic carbocycles. The van der Waals surface area contributed by atoms with Gasteiger partial charge in [-0.2, -0.15) is 0 Å². The minimum Gasteiger partial charge on any atom is -0.496 e. The van der Waals surface area contributed by atoms with Crippen LogP contribution in [-0.2, 0) is 4.79 Å². The van der Waals surface area contributed by atoms with Crippen LogP contribution in [0.2, 0.25) is 0 Å². The van der Waals surface area contributed by atoms with Gasteiger partial charge in [0.05, 0.1) is 33.3 Å². The molecule has 9 nitrogen and oxygen atoms in total. The fraction of sp³-hybridized carbons (Fsp3) is 0.167. The average molecular weight is 526 g/mol. The Hall–Kier alpha value is -5.05. The van der Waals surface area contributed by atoms with E-state index < -0.39 is 11.9 Å². The summed E-state index contributed by atoms with van der Waals surface area (Å²) in [5, 5.41) is 0.818. The fourth-order valence-electron chi connectivity index (χ4n) is 5.10. The molecule has 1 N–H and O–H groups in total. The summed E-state index contributed by atoms with van der Waals surface area (Å²) in [6.45, 7) is 0.